The first-order valence-electron chi connectivity index (χ1n) is 6.13. The lowest BCUT2D eigenvalue weighted by atomic mass is 9.82. The molecule has 0 bridgehead atoms. The lowest BCUT2D eigenvalue weighted by Crippen LogP contribution is -2.20. The molecule has 1 rings (SSSR count). The maximum absolute atomic E-state index is 10.7. The lowest BCUT2D eigenvalue weighted by molar-refractivity contribution is -0.142. The van der Waals surface area contributed by atoms with Crippen molar-refractivity contribution in [3.05, 3.63) is 12.2 Å². The van der Waals surface area contributed by atoms with Gasteiger partial charge in [0.05, 0.1) is 5.92 Å². The van der Waals surface area contributed by atoms with E-state index in [0.29, 0.717) is 5.92 Å². The molecule has 2 nitrogen and oxygen atoms in total. The van der Waals surface area contributed by atoms with Crippen molar-refractivity contribution in [2.75, 3.05) is 0 Å². The molecule has 0 saturated heterocycles. The van der Waals surface area contributed by atoms with Gasteiger partial charge >= 0.3 is 5.97 Å². The highest BCUT2D eigenvalue weighted by molar-refractivity contribution is 5.70. The maximum Gasteiger partial charge on any atom is 0.306 e. The molecular weight excluding hydrogens is 188 g/mol. The SMILES string of the molecule is CCCCC=CC1CCC(C(=O)O)CC1. The Hall–Kier alpha value is -0.790. The van der Waals surface area contributed by atoms with Crippen LogP contribution in [-0.4, -0.2) is 11.1 Å². The van der Waals surface area contributed by atoms with Crippen LogP contribution in [0.3, 0.4) is 0 Å². The van der Waals surface area contributed by atoms with Crippen LogP contribution in [0.15, 0.2) is 12.2 Å². The first-order chi connectivity index (χ1) is 7.24. The standard InChI is InChI=1S/C13H22O2/c1-2-3-4-5-6-11-7-9-12(10-8-11)13(14)15/h5-6,11-12H,2-4,7-10H2,1H3,(H,14,15). The van der Waals surface area contributed by atoms with Crippen molar-refractivity contribution in [3.63, 3.8) is 0 Å². The molecule has 0 radical (unpaired) electrons. The van der Waals surface area contributed by atoms with E-state index in [4.69, 9.17) is 5.11 Å². The van der Waals surface area contributed by atoms with E-state index in [0.717, 1.165) is 25.7 Å². The molecule has 1 aliphatic rings. The predicted molar refractivity (Wildman–Crippen MR) is 61.7 cm³/mol. The number of carboxylic acids is 1. The molecule has 1 N–H and O–H groups in total. The smallest absolute Gasteiger partial charge is 0.306 e. The zero-order valence-electron chi connectivity index (χ0n) is 9.61. The van der Waals surface area contributed by atoms with E-state index < -0.39 is 5.97 Å². The summed E-state index contributed by atoms with van der Waals surface area (Å²) in [7, 11) is 0. The van der Waals surface area contributed by atoms with E-state index in [1.54, 1.807) is 0 Å². The van der Waals surface area contributed by atoms with Crippen LogP contribution in [-0.2, 0) is 4.79 Å². The monoisotopic (exact) mass is 210 g/mol. The van der Waals surface area contributed by atoms with Gasteiger partial charge in [0.15, 0.2) is 0 Å². The number of hydrogen-bond acceptors (Lipinski definition) is 1. The van der Waals surface area contributed by atoms with Gasteiger partial charge in [-0.15, -0.1) is 0 Å². The topological polar surface area (TPSA) is 37.3 Å². The number of unbranched alkanes of at least 4 members (excludes halogenated alkanes) is 2. The highest BCUT2D eigenvalue weighted by Gasteiger charge is 2.24. The summed E-state index contributed by atoms with van der Waals surface area (Å²) in [6, 6.07) is 0. The van der Waals surface area contributed by atoms with Gasteiger partial charge in [0, 0.05) is 0 Å². The molecule has 0 atom stereocenters. The second-order valence-corrected chi connectivity index (χ2v) is 4.52. The van der Waals surface area contributed by atoms with Gasteiger partial charge in [0.1, 0.15) is 0 Å². The van der Waals surface area contributed by atoms with Crippen LogP contribution >= 0.6 is 0 Å². The van der Waals surface area contributed by atoms with Crippen LogP contribution in [0.2, 0.25) is 0 Å². The van der Waals surface area contributed by atoms with Crippen molar-refractivity contribution >= 4 is 5.97 Å². The van der Waals surface area contributed by atoms with Crippen molar-refractivity contribution in [1.29, 1.82) is 0 Å². The Bertz CT molecular complexity index is 213. The molecule has 0 spiro atoms. The van der Waals surface area contributed by atoms with Gasteiger partial charge in [0.25, 0.3) is 0 Å². The fraction of sp³-hybridized carbons (Fsp3) is 0.769. The first-order valence-corrected chi connectivity index (χ1v) is 6.13. The lowest BCUT2D eigenvalue weighted by Gasteiger charge is -2.23. The summed E-state index contributed by atoms with van der Waals surface area (Å²) < 4.78 is 0. The number of allylic oxidation sites excluding steroid dienone is 2. The minimum atomic E-state index is -0.608. The van der Waals surface area contributed by atoms with E-state index in [1.165, 1.54) is 19.3 Å². The van der Waals surface area contributed by atoms with Crippen molar-refractivity contribution in [2.24, 2.45) is 11.8 Å². The van der Waals surface area contributed by atoms with Gasteiger partial charge in [-0.2, -0.15) is 0 Å². The minimum Gasteiger partial charge on any atom is -0.481 e. The van der Waals surface area contributed by atoms with E-state index in [2.05, 4.69) is 19.1 Å². The van der Waals surface area contributed by atoms with Gasteiger partial charge < -0.3 is 5.11 Å². The van der Waals surface area contributed by atoms with E-state index in [-0.39, 0.29) is 5.92 Å². The Morgan fingerprint density at radius 3 is 2.53 bits per heavy atom. The summed E-state index contributed by atoms with van der Waals surface area (Å²) in [5.41, 5.74) is 0. The minimum absolute atomic E-state index is 0.0784. The molecule has 0 aromatic heterocycles. The molecule has 15 heavy (non-hydrogen) atoms. The van der Waals surface area contributed by atoms with Crippen LogP contribution in [0, 0.1) is 11.8 Å². The summed E-state index contributed by atoms with van der Waals surface area (Å²) >= 11 is 0. The number of hydrogen-bond donors (Lipinski definition) is 1. The van der Waals surface area contributed by atoms with Crippen LogP contribution in [0.1, 0.15) is 51.9 Å². The van der Waals surface area contributed by atoms with Crippen LogP contribution in [0.5, 0.6) is 0 Å². The van der Waals surface area contributed by atoms with Gasteiger partial charge in [0.2, 0.25) is 0 Å². The number of aliphatic carboxylic acids is 1. The molecule has 1 saturated carbocycles. The van der Waals surface area contributed by atoms with Crippen molar-refractivity contribution in [1.82, 2.24) is 0 Å². The second kappa shape index (κ2) is 6.65. The van der Waals surface area contributed by atoms with Crippen molar-refractivity contribution < 1.29 is 9.90 Å². The third-order valence-electron chi connectivity index (χ3n) is 3.25. The third kappa shape index (κ3) is 4.50. The molecule has 0 aromatic carbocycles. The molecule has 1 aliphatic carbocycles. The molecule has 2 heteroatoms. The average molecular weight is 210 g/mol. The van der Waals surface area contributed by atoms with Gasteiger partial charge in [-0.25, -0.2) is 0 Å². The van der Waals surface area contributed by atoms with E-state index >= 15 is 0 Å². The Kier molecular flexibility index (Phi) is 5.44. The van der Waals surface area contributed by atoms with Gasteiger partial charge in [-0.3, -0.25) is 4.79 Å². The summed E-state index contributed by atoms with van der Waals surface area (Å²) in [6.45, 7) is 2.20. The normalized spacial score (nSPS) is 27.0. The zero-order valence-corrected chi connectivity index (χ0v) is 9.61. The quantitative estimate of drug-likeness (QED) is 0.556. The van der Waals surface area contributed by atoms with Crippen molar-refractivity contribution in [3.8, 4) is 0 Å². The number of carbonyl (C=O) groups is 1. The van der Waals surface area contributed by atoms with Crippen LogP contribution < -0.4 is 0 Å². The third-order valence-corrected chi connectivity index (χ3v) is 3.25. The van der Waals surface area contributed by atoms with Gasteiger partial charge in [-0.1, -0.05) is 31.9 Å². The predicted octanol–water partition coefficient (Wildman–Crippen LogP) is 3.62. The maximum atomic E-state index is 10.7. The molecule has 0 heterocycles. The van der Waals surface area contributed by atoms with Crippen LogP contribution in [0.4, 0.5) is 0 Å². The molecule has 1 fully saturated rings. The number of rotatable bonds is 5. The highest BCUT2D eigenvalue weighted by Crippen LogP contribution is 2.29. The zero-order chi connectivity index (χ0) is 11.1. The molecular formula is C13H22O2. The molecule has 0 aliphatic heterocycles. The fourth-order valence-electron chi connectivity index (χ4n) is 2.17. The van der Waals surface area contributed by atoms with E-state index in [9.17, 15) is 4.79 Å². The number of carboxylic acid groups (broad SMARTS) is 1. The van der Waals surface area contributed by atoms with Crippen molar-refractivity contribution in [2.45, 2.75) is 51.9 Å². The first kappa shape index (κ1) is 12.3. The molecule has 86 valence electrons. The molecule has 0 unspecified atom stereocenters. The summed E-state index contributed by atoms with van der Waals surface area (Å²) in [5.74, 6) is -0.0499. The summed E-state index contributed by atoms with van der Waals surface area (Å²) in [6.07, 6.45) is 12.1. The largest absolute Gasteiger partial charge is 0.481 e. The highest BCUT2D eigenvalue weighted by atomic mass is 16.4. The van der Waals surface area contributed by atoms with Gasteiger partial charge in [-0.05, 0) is 38.0 Å². The fourth-order valence-corrected chi connectivity index (χ4v) is 2.17. The average Bonchev–Trinajstić information content (AvgIpc) is 2.25. The Morgan fingerprint density at radius 1 is 1.33 bits per heavy atom. The van der Waals surface area contributed by atoms with E-state index in [1.807, 2.05) is 0 Å². The second-order valence-electron chi connectivity index (χ2n) is 4.52. The van der Waals surface area contributed by atoms with Crippen LogP contribution in [0.25, 0.3) is 0 Å². The molecule has 0 aromatic rings. The molecule has 0 amide bonds. The summed E-state index contributed by atoms with van der Waals surface area (Å²) in [5, 5.41) is 8.85. The summed E-state index contributed by atoms with van der Waals surface area (Å²) in [4.78, 5) is 10.7. The Balaban J connectivity index is 2.19. The Morgan fingerprint density at radius 2 is 2.00 bits per heavy atom. The Labute approximate surface area is 92.4 Å².